The van der Waals surface area contributed by atoms with Crippen LogP contribution in [0.4, 0.5) is 0 Å². The summed E-state index contributed by atoms with van der Waals surface area (Å²) in [5.74, 6) is 0.134. The SMILES string of the molecule is C[C@@H](NC(=O)[C@H](C)S(C)(=O)=O)c1cccc(OCc2ccccn2)c1. The van der Waals surface area contributed by atoms with Crippen LogP contribution in [-0.4, -0.2) is 30.8 Å². The Labute approximate surface area is 148 Å². The Bertz CT molecular complexity index is 822. The van der Waals surface area contributed by atoms with Gasteiger partial charge >= 0.3 is 0 Å². The number of benzene rings is 1. The maximum Gasteiger partial charge on any atom is 0.238 e. The van der Waals surface area contributed by atoms with Crippen molar-refractivity contribution in [1.29, 1.82) is 0 Å². The Kier molecular flexibility index (Phi) is 6.14. The van der Waals surface area contributed by atoms with Gasteiger partial charge in [0.2, 0.25) is 5.91 Å². The Balaban J connectivity index is 2.01. The van der Waals surface area contributed by atoms with E-state index in [4.69, 9.17) is 4.74 Å². The minimum atomic E-state index is -3.42. The molecule has 0 radical (unpaired) electrons. The number of nitrogens with one attached hydrogen (secondary N) is 1. The van der Waals surface area contributed by atoms with E-state index in [1.54, 1.807) is 13.1 Å². The Morgan fingerprint density at radius 3 is 2.60 bits per heavy atom. The highest BCUT2D eigenvalue weighted by atomic mass is 32.2. The van der Waals surface area contributed by atoms with Crippen LogP contribution in [0.2, 0.25) is 0 Å². The quantitative estimate of drug-likeness (QED) is 0.817. The Hall–Kier alpha value is -2.41. The first-order chi connectivity index (χ1) is 11.8. The van der Waals surface area contributed by atoms with Gasteiger partial charge in [-0.2, -0.15) is 0 Å². The van der Waals surface area contributed by atoms with Gasteiger partial charge in [0.1, 0.15) is 17.6 Å². The second-order valence-electron chi connectivity index (χ2n) is 5.88. The summed E-state index contributed by atoms with van der Waals surface area (Å²) in [6.07, 6.45) is 2.75. The number of carbonyl (C=O) groups is 1. The number of pyridine rings is 1. The largest absolute Gasteiger partial charge is 0.487 e. The molecule has 0 saturated heterocycles. The van der Waals surface area contributed by atoms with E-state index in [0.717, 1.165) is 17.5 Å². The summed E-state index contributed by atoms with van der Waals surface area (Å²) in [6, 6.07) is 12.6. The molecule has 2 aromatic rings. The lowest BCUT2D eigenvalue weighted by molar-refractivity contribution is -0.121. The van der Waals surface area contributed by atoms with Gasteiger partial charge in [-0.3, -0.25) is 9.78 Å². The van der Waals surface area contributed by atoms with Crippen molar-refractivity contribution in [2.45, 2.75) is 31.7 Å². The van der Waals surface area contributed by atoms with Gasteiger partial charge in [-0.1, -0.05) is 18.2 Å². The third kappa shape index (κ3) is 5.56. The minimum absolute atomic E-state index is 0.338. The molecule has 1 amide bonds. The summed E-state index contributed by atoms with van der Waals surface area (Å²) in [5.41, 5.74) is 1.64. The smallest absolute Gasteiger partial charge is 0.238 e. The zero-order chi connectivity index (χ0) is 18.4. The second-order valence-corrected chi connectivity index (χ2v) is 8.25. The molecular weight excluding hydrogens is 340 g/mol. The van der Waals surface area contributed by atoms with Crippen LogP contribution in [0.15, 0.2) is 48.7 Å². The van der Waals surface area contributed by atoms with E-state index in [-0.39, 0.29) is 6.04 Å². The normalized spacial score (nSPS) is 13.7. The first kappa shape index (κ1) is 18.9. The molecule has 0 aliphatic rings. The fourth-order valence-electron chi connectivity index (χ4n) is 2.12. The Morgan fingerprint density at radius 2 is 1.96 bits per heavy atom. The molecule has 25 heavy (non-hydrogen) atoms. The summed E-state index contributed by atoms with van der Waals surface area (Å²) in [6.45, 7) is 3.52. The fraction of sp³-hybridized carbons (Fsp3) is 0.333. The van der Waals surface area contributed by atoms with E-state index < -0.39 is 21.0 Å². The summed E-state index contributed by atoms with van der Waals surface area (Å²) in [7, 11) is -3.42. The molecule has 134 valence electrons. The molecule has 0 unspecified atom stereocenters. The van der Waals surface area contributed by atoms with Crippen molar-refractivity contribution in [3.63, 3.8) is 0 Å². The molecule has 1 N–H and O–H groups in total. The van der Waals surface area contributed by atoms with E-state index in [1.807, 2.05) is 42.5 Å². The molecule has 7 heteroatoms. The third-order valence-electron chi connectivity index (χ3n) is 3.84. The van der Waals surface area contributed by atoms with Gasteiger partial charge in [-0.25, -0.2) is 8.42 Å². The molecule has 2 atom stereocenters. The van der Waals surface area contributed by atoms with Gasteiger partial charge < -0.3 is 10.1 Å². The van der Waals surface area contributed by atoms with Crippen molar-refractivity contribution in [2.75, 3.05) is 6.26 Å². The van der Waals surface area contributed by atoms with E-state index in [1.165, 1.54) is 6.92 Å². The molecule has 0 saturated carbocycles. The molecule has 6 nitrogen and oxygen atoms in total. The molecule has 0 bridgehead atoms. The van der Waals surface area contributed by atoms with Crippen LogP contribution in [-0.2, 0) is 21.2 Å². The van der Waals surface area contributed by atoms with Gasteiger partial charge in [-0.15, -0.1) is 0 Å². The minimum Gasteiger partial charge on any atom is -0.487 e. The van der Waals surface area contributed by atoms with Crippen molar-refractivity contribution in [1.82, 2.24) is 10.3 Å². The lowest BCUT2D eigenvalue weighted by Crippen LogP contribution is -2.38. The maximum atomic E-state index is 12.0. The molecule has 0 spiro atoms. The molecule has 0 aliphatic carbocycles. The van der Waals surface area contributed by atoms with Gasteiger partial charge in [0, 0.05) is 12.5 Å². The molecule has 0 aliphatic heterocycles. The van der Waals surface area contributed by atoms with Crippen LogP contribution in [0.5, 0.6) is 5.75 Å². The van der Waals surface area contributed by atoms with Gasteiger partial charge in [0.05, 0.1) is 11.7 Å². The van der Waals surface area contributed by atoms with Crippen molar-refractivity contribution < 1.29 is 17.9 Å². The lowest BCUT2D eigenvalue weighted by atomic mass is 10.1. The number of hydrogen-bond donors (Lipinski definition) is 1. The summed E-state index contributed by atoms with van der Waals surface area (Å²) < 4.78 is 28.7. The molecule has 2 rings (SSSR count). The highest BCUT2D eigenvalue weighted by molar-refractivity contribution is 7.92. The van der Waals surface area contributed by atoms with Crippen LogP contribution in [0, 0.1) is 0 Å². The van der Waals surface area contributed by atoms with Gasteiger partial charge in [0.15, 0.2) is 9.84 Å². The number of sulfone groups is 1. The van der Waals surface area contributed by atoms with Crippen molar-refractivity contribution in [3.8, 4) is 5.75 Å². The van der Waals surface area contributed by atoms with E-state index >= 15 is 0 Å². The van der Waals surface area contributed by atoms with E-state index in [9.17, 15) is 13.2 Å². The maximum absolute atomic E-state index is 12.0. The number of rotatable bonds is 7. The Morgan fingerprint density at radius 1 is 1.20 bits per heavy atom. The second kappa shape index (κ2) is 8.11. The van der Waals surface area contributed by atoms with Crippen LogP contribution in [0.25, 0.3) is 0 Å². The van der Waals surface area contributed by atoms with Crippen molar-refractivity contribution in [2.24, 2.45) is 0 Å². The third-order valence-corrected chi connectivity index (χ3v) is 5.34. The summed E-state index contributed by atoms with van der Waals surface area (Å²) in [5, 5.41) is 1.63. The van der Waals surface area contributed by atoms with Crippen LogP contribution in [0.3, 0.4) is 0 Å². The van der Waals surface area contributed by atoms with Crippen LogP contribution < -0.4 is 10.1 Å². The molecule has 1 heterocycles. The summed E-state index contributed by atoms with van der Waals surface area (Å²) in [4.78, 5) is 16.2. The fourth-order valence-corrected chi connectivity index (χ4v) is 2.58. The predicted molar refractivity (Wildman–Crippen MR) is 95.9 cm³/mol. The predicted octanol–water partition coefficient (Wildman–Crippen LogP) is 2.27. The number of hydrogen-bond acceptors (Lipinski definition) is 5. The zero-order valence-corrected chi connectivity index (χ0v) is 15.3. The van der Waals surface area contributed by atoms with E-state index in [2.05, 4.69) is 10.3 Å². The van der Waals surface area contributed by atoms with E-state index in [0.29, 0.717) is 12.4 Å². The van der Waals surface area contributed by atoms with Crippen LogP contribution >= 0.6 is 0 Å². The molecular formula is C18H22N2O4S. The highest BCUT2D eigenvalue weighted by Crippen LogP contribution is 2.20. The average molecular weight is 362 g/mol. The molecule has 1 aromatic carbocycles. The first-order valence-corrected chi connectivity index (χ1v) is 9.84. The number of ether oxygens (including phenoxy) is 1. The van der Waals surface area contributed by atoms with Gasteiger partial charge in [-0.05, 0) is 43.7 Å². The standard InChI is InChI=1S/C18H22N2O4S/c1-13(20-18(21)14(2)25(3,22)23)15-7-6-9-17(11-15)24-12-16-8-4-5-10-19-16/h4-11,13-14H,12H2,1-3H3,(H,20,21)/t13-,14+/m1/s1. The summed E-state index contributed by atoms with van der Waals surface area (Å²) >= 11 is 0. The van der Waals surface area contributed by atoms with Crippen LogP contribution in [0.1, 0.15) is 31.1 Å². The monoisotopic (exact) mass is 362 g/mol. The number of nitrogens with zero attached hydrogens (tertiary/aromatic N) is 1. The number of amides is 1. The highest BCUT2D eigenvalue weighted by Gasteiger charge is 2.24. The zero-order valence-electron chi connectivity index (χ0n) is 14.5. The van der Waals surface area contributed by atoms with Gasteiger partial charge in [0.25, 0.3) is 0 Å². The number of carbonyl (C=O) groups excluding carboxylic acids is 1. The molecule has 1 aromatic heterocycles. The average Bonchev–Trinajstić information content (AvgIpc) is 2.59. The number of aromatic nitrogens is 1. The van der Waals surface area contributed by atoms with Crippen molar-refractivity contribution in [3.05, 3.63) is 59.9 Å². The topological polar surface area (TPSA) is 85.4 Å². The molecule has 0 fully saturated rings. The van der Waals surface area contributed by atoms with Crippen molar-refractivity contribution >= 4 is 15.7 Å². The lowest BCUT2D eigenvalue weighted by Gasteiger charge is -2.18. The first-order valence-electron chi connectivity index (χ1n) is 7.89.